The van der Waals surface area contributed by atoms with Crippen LogP contribution in [0.3, 0.4) is 0 Å². The lowest BCUT2D eigenvalue weighted by Gasteiger charge is -2.25. The number of hydrogen-bond donors (Lipinski definition) is 4. The zero-order valence-electron chi connectivity index (χ0n) is 23.6. The number of aromatic nitrogens is 3. The molecule has 0 unspecified atom stereocenters. The highest BCUT2D eigenvalue weighted by molar-refractivity contribution is 6.31. The molecule has 1 saturated heterocycles. The van der Waals surface area contributed by atoms with E-state index in [0.29, 0.717) is 28.9 Å². The number of amides is 1. The predicted molar refractivity (Wildman–Crippen MR) is 159 cm³/mol. The fourth-order valence-electron chi connectivity index (χ4n) is 4.58. The van der Waals surface area contributed by atoms with Gasteiger partial charge < -0.3 is 35.6 Å². The van der Waals surface area contributed by atoms with Crippen LogP contribution < -0.4 is 25.6 Å². The molecular formula is C28H34ClFN8O3. The maximum absolute atomic E-state index is 14.2. The second-order valence-electron chi connectivity index (χ2n) is 10.4. The minimum absolute atomic E-state index is 0.123. The van der Waals surface area contributed by atoms with Crippen molar-refractivity contribution >= 4 is 52.2 Å². The van der Waals surface area contributed by atoms with Gasteiger partial charge in [0.2, 0.25) is 17.8 Å². The molecule has 1 fully saturated rings. The first-order valence-corrected chi connectivity index (χ1v) is 13.3. The van der Waals surface area contributed by atoms with Crippen molar-refractivity contribution in [3.8, 4) is 5.75 Å². The predicted octanol–water partition coefficient (Wildman–Crippen LogP) is 4.65. The van der Waals surface area contributed by atoms with E-state index in [0.717, 1.165) is 31.3 Å². The summed E-state index contributed by atoms with van der Waals surface area (Å²) in [4.78, 5) is 29.5. The van der Waals surface area contributed by atoms with E-state index >= 15 is 0 Å². The Morgan fingerprint density at radius 1 is 1.20 bits per heavy atom. The highest BCUT2D eigenvalue weighted by Gasteiger charge is 2.27. The number of likely N-dealkylation sites (N-methyl/N-ethyl adjacent to an activating group) is 1. The third kappa shape index (κ3) is 7.02. The summed E-state index contributed by atoms with van der Waals surface area (Å²) in [5.41, 5.74) is 1.12. The van der Waals surface area contributed by atoms with Crippen molar-refractivity contribution in [2.24, 2.45) is 0 Å². The molecule has 0 radical (unpaired) electrons. The molecule has 2 heterocycles. The van der Waals surface area contributed by atoms with E-state index in [4.69, 9.17) is 16.3 Å². The van der Waals surface area contributed by atoms with E-state index in [1.807, 2.05) is 6.07 Å². The summed E-state index contributed by atoms with van der Waals surface area (Å²) in [6.45, 7) is 8.24. The Bertz CT molecular complexity index is 1450. The zero-order chi connectivity index (χ0) is 29.9. The van der Waals surface area contributed by atoms with Gasteiger partial charge in [0.1, 0.15) is 17.9 Å². The summed E-state index contributed by atoms with van der Waals surface area (Å²) in [7, 11) is 5.65. The first kappa shape index (κ1) is 30.0. The van der Waals surface area contributed by atoms with Gasteiger partial charge in [-0.15, -0.1) is 0 Å². The topological polar surface area (TPSA) is 128 Å². The van der Waals surface area contributed by atoms with Gasteiger partial charge in [0.15, 0.2) is 0 Å². The number of benzene rings is 2. The molecule has 1 atom stereocenters. The van der Waals surface area contributed by atoms with Crippen molar-refractivity contribution in [1.82, 2.24) is 19.9 Å². The Hall–Kier alpha value is -4.00. The van der Waals surface area contributed by atoms with E-state index in [-0.39, 0.29) is 28.4 Å². The van der Waals surface area contributed by atoms with Crippen LogP contribution in [-0.4, -0.2) is 71.2 Å². The number of hydrogen-bond acceptors (Lipinski definition) is 10. The number of carbonyl (C=O) groups excluding carboxylic acids is 1. The van der Waals surface area contributed by atoms with Crippen LogP contribution in [0.25, 0.3) is 0 Å². The van der Waals surface area contributed by atoms with E-state index in [9.17, 15) is 14.3 Å². The van der Waals surface area contributed by atoms with Gasteiger partial charge in [0.05, 0.1) is 34.8 Å². The minimum atomic E-state index is -1.37. The highest BCUT2D eigenvalue weighted by atomic mass is 35.5. The number of halogens is 2. The second kappa shape index (κ2) is 12.2. The average molecular weight is 585 g/mol. The Labute approximate surface area is 243 Å². The van der Waals surface area contributed by atoms with Crippen molar-refractivity contribution in [3.63, 3.8) is 0 Å². The molecule has 13 heteroatoms. The van der Waals surface area contributed by atoms with Gasteiger partial charge in [-0.25, -0.2) is 14.4 Å². The molecular weight excluding hydrogens is 551 g/mol. The summed E-state index contributed by atoms with van der Waals surface area (Å²) in [5.74, 6) is -0.208. The molecule has 0 saturated carbocycles. The Morgan fingerprint density at radius 3 is 2.46 bits per heavy atom. The number of anilines is 6. The summed E-state index contributed by atoms with van der Waals surface area (Å²) in [6, 6.07) is 6.51. The molecule has 0 spiro atoms. The summed E-state index contributed by atoms with van der Waals surface area (Å²) in [6.07, 6.45) is 3.49. The molecule has 218 valence electrons. The molecule has 2 aromatic carbocycles. The van der Waals surface area contributed by atoms with E-state index in [1.165, 1.54) is 32.3 Å². The fraction of sp³-hybridized carbons (Fsp3) is 0.357. The molecule has 1 aliphatic rings. The van der Waals surface area contributed by atoms with Gasteiger partial charge in [0.25, 0.3) is 0 Å². The first-order valence-electron chi connectivity index (χ1n) is 12.9. The summed E-state index contributed by atoms with van der Waals surface area (Å²) >= 11 is 6.00. The van der Waals surface area contributed by atoms with Crippen LogP contribution in [0.5, 0.6) is 5.75 Å². The molecule has 1 aromatic heterocycles. The van der Waals surface area contributed by atoms with Gasteiger partial charge in [-0.1, -0.05) is 18.2 Å². The highest BCUT2D eigenvalue weighted by Crippen LogP contribution is 2.40. The van der Waals surface area contributed by atoms with Crippen LogP contribution in [0.1, 0.15) is 25.8 Å². The zero-order valence-corrected chi connectivity index (χ0v) is 24.4. The van der Waals surface area contributed by atoms with E-state index in [1.54, 1.807) is 13.2 Å². The number of carbonyl (C=O) groups is 1. The van der Waals surface area contributed by atoms with Crippen LogP contribution in [0.15, 0.2) is 43.2 Å². The SMILES string of the molecule is C=CC(=O)Nc1cc(Nc2ncnc(Nc3cc(Cl)c(F)cc3C(C)(C)O)n2)c(OC)cc1N1CC[C@H](N(C)C)C1. The Morgan fingerprint density at radius 2 is 1.88 bits per heavy atom. The van der Waals surface area contributed by atoms with Gasteiger partial charge in [0, 0.05) is 36.4 Å². The Balaban J connectivity index is 1.66. The first-order chi connectivity index (χ1) is 19.4. The van der Waals surface area contributed by atoms with E-state index in [2.05, 4.69) is 61.4 Å². The molecule has 41 heavy (non-hydrogen) atoms. The van der Waals surface area contributed by atoms with Gasteiger partial charge in [-0.2, -0.15) is 4.98 Å². The maximum Gasteiger partial charge on any atom is 0.247 e. The monoisotopic (exact) mass is 584 g/mol. The van der Waals surface area contributed by atoms with Gasteiger partial charge in [-0.05, 0) is 58.6 Å². The molecule has 3 aromatic rings. The van der Waals surface area contributed by atoms with Crippen LogP contribution in [0.4, 0.5) is 39.0 Å². The average Bonchev–Trinajstić information content (AvgIpc) is 3.41. The van der Waals surface area contributed by atoms with Crippen LogP contribution in [0.2, 0.25) is 5.02 Å². The number of aliphatic hydroxyl groups is 1. The smallest absolute Gasteiger partial charge is 0.247 e. The molecule has 0 bridgehead atoms. The number of nitrogens with zero attached hydrogens (tertiary/aromatic N) is 5. The van der Waals surface area contributed by atoms with Crippen LogP contribution in [0, 0.1) is 5.82 Å². The van der Waals surface area contributed by atoms with Crippen LogP contribution in [-0.2, 0) is 10.4 Å². The lowest BCUT2D eigenvalue weighted by molar-refractivity contribution is -0.111. The summed E-state index contributed by atoms with van der Waals surface area (Å²) < 4.78 is 19.8. The fourth-order valence-corrected chi connectivity index (χ4v) is 4.74. The number of rotatable bonds is 10. The molecule has 4 N–H and O–H groups in total. The number of nitrogens with one attached hydrogen (secondary N) is 3. The number of methoxy groups -OCH3 is 1. The third-order valence-electron chi connectivity index (χ3n) is 6.78. The number of ether oxygens (including phenoxy) is 1. The molecule has 4 rings (SSSR count). The summed E-state index contributed by atoms with van der Waals surface area (Å²) in [5, 5.41) is 19.4. The largest absolute Gasteiger partial charge is 0.494 e. The van der Waals surface area contributed by atoms with Gasteiger partial charge >= 0.3 is 0 Å². The minimum Gasteiger partial charge on any atom is -0.494 e. The van der Waals surface area contributed by atoms with Crippen molar-refractivity contribution in [3.05, 3.63) is 59.7 Å². The lowest BCUT2D eigenvalue weighted by Crippen LogP contribution is -2.31. The molecule has 1 aliphatic heterocycles. The molecule has 11 nitrogen and oxygen atoms in total. The van der Waals surface area contributed by atoms with Crippen molar-refractivity contribution in [2.45, 2.75) is 31.9 Å². The molecule has 1 amide bonds. The van der Waals surface area contributed by atoms with Crippen LogP contribution >= 0.6 is 11.6 Å². The Kier molecular flexibility index (Phi) is 8.95. The lowest BCUT2D eigenvalue weighted by atomic mass is 9.96. The van der Waals surface area contributed by atoms with Gasteiger partial charge in [-0.3, -0.25) is 4.79 Å². The second-order valence-corrected chi connectivity index (χ2v) is 10.8. The maximum atomic E-state index is 14.2. The normalized spacial score (nSPS) is 15.1. The quantitative estimate of drug-likeness (QED) is 0.250. The molecule has 0 aliphatic carbocycles. The standard InChI is InChI=1S/C28H34ClFN8O3/c1-7-25(39)33-21-12-22(24(41-6)13-23(21)38-9-8-16(14-38)37(4)5)35-27-32-15-31-26(36-27)34-20-11-18(29)19(30)10-17(20)28(2,3)40/h7,10-13,15-16,40H,1,8-9,14H2,2-6H3,(H,33,39)(H2,31,32,34,35,36)/t16-/m0/s1. The van der Waals surface area contributed by atoms with Crippen molar-refractivity contribution in [1.29, 1.82) is 0 Å². The van der Waals surface area contributed by atoms with Crippen molar-refractivity contribution < 1.29 is 19.0 Å². The van der Waals surface area contributed by atoms with E-state index < -0.39 is 11.4 Å². The third-order valence-corrected chi connectivity index (χ3v) is 7.07. The van der Waals surface area contributed by atoms with Crippen molar-refractivity contribution in [2.75, 3.05) is 55.1 Å².